The van der Waals surface area contributed by atoms with Crippen LogP contribution in [0.15, 0.2) is 22.7 Å². The molecule has 1 saturated heterocycles. The Morgan fingerprint density at radius 2 is 2.15 bits per heavy atom. The van der Waals surface area contributed by atoms with Crippen molar-refractivity contribution in [3.05, 3.63) is 28.2 Å². The standard InChI is InChI=1S/C12H12BrF3N2O2/c13-8-3-7(12(14,15)16)4-9(5-8)18-11(19)10-6-20-2-1-17-10/h3-5,10,17H,1-2,6H2,(H,18,19). The number of hydrogen-bond donors (Lipinski definition) is 2. The highest BCUT2D eigenvalue weighted by Crippen LogP contribution is 2.33. The summed E-state index contributed by atoms with van der Waals surface area (Å²) in [7, 11) is 0. The maximum absolute atomic E-state index is 12.7. The largest absolute Gasteiger partial charge is 0.416 e. The number of amides is 1. The molecule has 1 aliphatic heterocycles. The fourth-order valence-electron chi connectivity index (χ4n) is 1.79. The molecule has 1 unspecified atom stereocenters. The third-order valence-electron chi connectivity index (χ3n) is 2.73. The quantitative estimate of drug-likeness (QED) is 0.859. The van der Waals surface area contributed by atoms with Gasteiger partial charge in [-0.25, -0.2) is 0 Å². The second-order valence-corrected chi connectivity index (χ2v) is 5.21. The van der Waals surface area contributed by atoms with Crippen molar-refractivity contribution in [1.29, 1.82) is 0 Å². The van der Waals surface area contributed by atoms with Gasteiger partial charge in [0.05, 0.1) is 18.8 Å². The number of ether oxygens (including phenoxy) is 1. The van der Waals surface area contributed by atoms with Gasteiger partial charge in [0, 0.05) is 16.7 Å². The van der Waals surface area contributed by atoms with Crippen molar-refractivity contribution in [2.24, 2.45) is 0 Å². The molecule has 1 amide bonds. The number of carbonyl (C=O) groups is 1. The van der Waals surface area contributed by atoms with Crippen molar-refractivity contribution in [1.82, 2.24) is 5.32 Å². The number of nitrogens with one attached hydrogen (secondary N) is 2. The van der Waals surface area contributed by atoms with Crippen LogP contribution in [0.3, 0.4) is 0 Å². The molecule has 8 heteroatoms. The van der Waals surface area contributed by atoms with Gasteiger partial charge in [-0.05, 0) is 18.2 Å². The minimum Gasteiger partial charge on any atom is -0.378 e. The predicted molar refractivity (Wildman–Crippen MR) is 70.4 cm³/mol. The molecule has 1 fully saturated rings. The maximum Gasteiger partial charge on any atom is 0.416 e. The molecule has 1 aliphatic rings. The summed E-state index contributed by atoms with van der Waals surface area (Å²) in [6.07, 6.45) is -4.46. The molecule has 0 bridgehead atoms. The number of anilines is 1. The van der Waals surface area contributed by atoms with Crippen molar-refractivity contribution < 1.29 is 22.7 Å². The Morgan fingerprint density at radius 3 is 2.75 bits per heavy atom. The Balaban J connectivity index is 2.12. The first kappa shape index (κ1) is 15.3. The highest BCUT2D eigenvalue weighted by Gasteiger charge is 2.31. The zero-order valence-corrected chi connectivity index (χ0v) is 11.8. The molecule has 1 aromatic carbocycles. The first-order valence-electron chi connectivity index (χ1n) is 5.86. The SMILES string of the molecule is O=C(Nc1cc(Br)cc(C(F)(F)F)c1)C1COCCN1. The number of halogens is 4. The third kappa shape index (κ3) is 3.94. The summed E-state index contributed by atoms with van der Waals surface area (Å²) in [5.41, 5.74) is -0.737. The second kappa shape index (κ2) is 6.11. The van der Waals surface area contributed by atoms with Crippen molar-refractivity contribution in [3.63, 3.8) is 0 Å². The van der Waals surface area contributed by atoms with E-state index >= 15 is 0 Å². The summed E-state index contributed by atoms with van der Waals surface area (Å²) in [4.78, 5) is 11.9. The topological polar surface area (TPSA) is 50.4 Å². The van der Waals surface area contributed by atoms with Crippen LogP contribution in [0.2, 0.25) is 0 Å². The number of benzene rings is 1. The van der Waals surface area contributed by atoms with E-state index < -0.39 is 23.7 Å². The van der Waals surface area contributed by atoms with E-state index in [1.54, 1.807) is 0 Å². The third-order valence-corrected chi connectivity index (χ3v) is 3.19. The normalized spacial score (nSPS) is 19.7. The minimum absolute atomic E-state index is 0.0871. The van der Waals surface area contributed by atoms with E-state index in [1.807, 2.05) is 0 Å². The summed E-state index contributed by atoms with van der Waals surface area (Å²) in [6, 6.07) is 2.71. The molecule has 110 valence electrons. The summed E-state index contributed by atoms with van der Waals surface area (Å²) in [5.74, 6) is -0.420. The summed E-state index contributed by atoms with van der Waals surface area (Å²) in [6.45, 7) is 1.25. The average Bonchev–Trinajstić information content (AvgIpc) is 2.38. The Morgan fingerprint density at radius 1 is 1.40 bits per heavy atom. The summed E-state index contributed by atoms with van der Waals surface area (Å²) < 4.78 is 43.4. The molecule has 0 radical (unpaired) electrons. The maximum atomic E-state index is 12.7. The smallest absolute Gasteiger partial charge is 0.378 e. The fraction of sp³-hybridized carbons (Fsp3) is 0.417. The number of carbonyl (C=O) groups excluding carboxylic acids is 1. The van der Waals surface area contributed by atoms with Crippen LogP contribution in [0.25, 0.3) is 0 Å². The van der Waals surface area contributed by atoms with E-state index in [1.165, 1.54) is 6.07 Å². The molecule has 1 heterocycles. The minimum atomic E-state index is -4.46. The number of alkyl halides is 3. The number of morpholine rings is 1. The molecular weight excluding hydrogens is 341 g/mol. The lowest BCUT2D eigenvalue weighted by molar-refractivity contribution is -0.137. The van der Waals surface area contributed by atoms with Gasteiger partial charge in [0.25, 0.3) is 0 Å². The molecule has 20 heavy (non-hydrogen) atoms. The lowest BCUT2D eigenvalue weighted by Crippen LogP contribution is -2.48. The Kier molecular flexibility index (Phi) is 4.66. The molecule has 1 aromatic rings. The van der Waals surface area contributed by atoms with Gasteiger partial charge in [-0.15, -0.1) is 0 Å². The summed E-state index contributed by atoms with van der Waals surface area (Å²) >= 11 is 3.00. The molecular formula is C12H12BrF3N2O2. The van der Waals surface area contributed by atoms with E-state index in [4.69, 9.17) is 4.74 Å². The van der Waals surface area contributed by atoms with E-state index in [-0.39, 0.29) is 16.8 Å². The van der Waals surface area contributed by atoms with Gasteiger partial charge in [0.1, 0.15) is 6.04 Å². The van der Waals surface area contributed by atoms with Gasteiger partial charge >= 0.3 is 6.18 Å². The molecule has 0 saturated carbocycles. The van der Waals surface area contributed by atoms with Crippen LogP contribution in [-0.2, 0) is 15.7 Å². The van der Waals surface area contributed by atoms with Crippen molar-refractivity contribution in [2.45, 2.75) is 12.2 Å². The van der Waals surface area contributed by atoms with Crippen molar-refractivity contribution in [3.8, 4) is 0 Å². The van der Waals surface area contributed by atoms with Crippen LogP contribution in [0.4, 0.5) is 18.9 Å². The lowest BCUT2D eigenvalue weighted by Gasteiger charge is -2.23. The van der Waals surface area contributed by atoms with Crippen molar-refractivity contribution in [2.75, 3.05) is 25.1 Å². The summed E-state index contributed by atoms with van der Waals surface area (Å²) in [5, 5.41) is 5.38. The molecule has 0 aromatic heterocycles. The van der Waals surface area contributed by atoms with Crippen LogP contribution in [0.5, 0.6) is 0 Å². The number of rotatable bonds is 2. The van der Waals surface area contributed by atoms with Gasteiger partial charge < -0.3 is 15.4 Å². The van der Waals surface area contributed by atoms with Gasteiger partial charge in [0.15, 0.2) is 0 Å². The van der Waals surface area contributed by atoms with E-state index in [0.717, 1.165) is 12.1 Å². The van der Waals surface area contributed by atoms with Gasteiger partial charge in [-0.2, -0.15) is 13.2 Å². The Hall–Kier alpha value is -1.12. The molecule has 2 N–H and O–H groups in total. The van der Waals surface area contributed by atoms with Crippen LogP contribution in [0.1, 0.15) is 5.56 Å². The Labute approximate surface area is 121 Å². The monoisotopic (exact) mass is 352 g/mol. The van der Waals surface area contributed by atoms with Gasteiger partial charge in [-0.1, -0.05) is 15.9 Å². The van der Waals surface area contributed by atoms with Crippen LogP contribution < -0.4 is 10.6 Å². The van der Waals surface area contributed by atoms with Crippen LogP contribution >= 0.6 is 15.9 Å². The average molecular weight is 353 g/mol. The lowest BCUT2D eigenvalue weighted by atomic mass is 10.2. The first-order chi connectivity index (χ1) is 9.36. The van der Waals surface area contributed by atoms with E-state index in [2.05, 4.69) is 26.6 Å². The van der Waals surface area contributed by atoms with Crippen LogP contribution in [0, 0.1) is 0 Å². The highest BCUT2D eigenvalue weighted by atomic mass is 79.9. The van der Waals surface area contributed by atoms with Gasteiger partial charge in [-0.3, -0.25) is 4.79 Å². The molecule has 1 atom stereocenters. The molecule has 4 nitrogen and oxygen atoms in total. The second-order valence-electron chi connectivity index (χ2n) is 4.30. The fourth-order valence-corrected chi connectivity index (χ4v) is 2.28. The zero-order chi connectivity index (χ0) is 14.8. The number of hydrogen-bond acceptors (Lipinski definition) is 3. The molecule has 0 spiro atoms. The molecule has 2 rings (SSSR count). The van der Waals surface area contributed by atoms with Gasteiger partial charge in [0.2, 0.25) is 5.91 Å². The van der Waals surface area contributed by atoms with E-state index in [9.17, 15) is 18.0 Å². The zero-order valence-electron chi connectivity index (χ0n) is 10.3. The van der Waals surface area contributed by atoms with Crippen LogP contribution in [-0.4, -0.2) is 31.7 Å². The predicted octanol–water partition coefficient (Wildman–Crippen LogP) is 2.39. The van der Waals surface area contributed by atoms with E-state index in [0.29, 0.717) is 13.2 Å². The molecule has 0 aliphatic carbocycles. The Bertz CT molecular complexity index is 502. The first-order valence-corrected chi connectivity index (χ1v) is 6.65. The van der Waals surface area contributed by atoms with Crippen molar-refractivity contribution >= 4 is 27.5 Å². The highest BCUT2D eigenvalue weighted by molar-refractivity contribution is 9.10.